The van der Waals surface area contributed by atoms with Gasteiger partial charge >= 0.3 is 0 Å². The fourth-order valence-corrected chi connectivity index (χ4v) is 1.49. The van der Waals surface area contributed by atoms with Gasteiger partial charge in [-0.2, -0.15) is 5.10 Å². The summed E-state index contributed by atoms with van der Waals surface area (Å²) in [4.78, 5) is 3.01. The molecule has 68 valence electrons. The number of rotatable bonds is 2. The van der Waals surface area contributed by atoms with Crippen LogP contribution in [-0.4, -0.2) is 15.2 Å². The number of nitrogens with one attached hydrogen (secondary N) is 2. The molecule has 0 atom stereocenters. The van der Waals surface area contributed by atoms with E-state index in [-0.39, 0.29) is 0 Å². The summed E-state index contributed by atoms with van der Waals surface area (Å²) in [6.07, 6.45) is 3.83. The minimum absolute atomic E-state index is 0.463. The van der Waals surface area contributed by atoms with Crippen molar-refractivity contribution in [3.8, 4) is 11.1 Å². The van der Waals surface area contributed by atoms with Crippen molar-refractivity contribution >= 4 is 0 Å². The first-order valence-corrected chi connectivity index (χ1v) is 4.20. The van der Waals surface area contributed by atoms with E-state index in [9.17, 15) is 0 Å². The van der Waals surface area contributed by atoms with Crippen LogP contribution < -0.4 is 5.73 Å². The number of aromatic amines is 2. The number of nitrogens with zero attached hydrogens (tertiary/aromatic N) is 1. The highest BCUT2D eigenvalue weighted by Gasteiger charge is 2.10. The Labute approximate surface area is 76.2 Å². The van der Waals surface area contributed by atoms with E-state index in [4.69, 9.17) is 5.73 Å². The quantitative estimate of drug-likeness (QED) is 0.642. The Morgan fingerprint density at radius 1 is 1.54 bits per heavy atom. The second kappa shape index (κ2) is 3.06. The van der Waals surface area contributed by atoms with E-state index in [2.05, 4.69) is 15.2 Å². The lowest BCUT2D eigenvalue weighted by Gasteiger charge is -1.97. The van der Waals surface area contributed by atoms with Crippen molar-refractivity contribution in [1.29, 1.82) is 0 Å². The summed E-state index contributed by atoms with van der Waals surface area (Å²) in [6.45, 7) is 2.46. The molecule has 0 aliphatic rings. The normalized spacial score (nSPS) is 10.6. The summed E-state index contributed by atoms with van der Waals surface area (Å²) < 4.78 is 0. The smallest absolute Gasteiger partial charge is 0.0839 e. The summed E-state index contributed by atoms with van der Waals surface area (Å²) in [6, 6.07) is 2.01. The molecule has 4 N–H and O–H groups in total. The largest absolute Gasteiger partial charge is 0.367 e. The molecule has 13 heavy (non-hydrogen) atoms. The molecule has 2 aromatic rings. The molecule has 4 heteroatoms. The Balaban J connectivity index is 2.55. The topological polar surface area (TPSA) is 70.5 Å². The van der Waals surface area contributed by atoms with E-state index in [1.807, 2.05) is 25.4 Å². The predicted molar refractivity (Wildman–Crippen MR) is 51.0 cm³/mol. The van der Waals surface area contributed by atoms with Gasteiger partial charge in [0.25, 0.3) is 0 Å². The van der Waals surface area contributed by atoms with E-state index in [1.165, 1.54) is 0 Å². The van der Waals surface area contributed by atoms with Gasteiger partial charge in [-0.3, -0.25) is 5.10 Å². The van der Waals surface area contributed by atoms with Crippen molar-refractivity contribution in [3.63, 3.8) is 0 Å². The molecule has 0 fully saturated rings. The van der Waals surface area contributed by atoms with Crippen LogP contribution in [0.5, 0.6) is 0 Å². The summed E-state index contributed by atoms with van der Waals surface area (Å²) >= 11 is 0. The summed E-state index contributed by atoms with van der Waals surface area (Å²) in [5.74, 6) is 0. The molecule has 0 amide bonds. The van der Waals surface area contributed by atoms with Gasteiger partial charge in [-0.15, -0.1) is 0 Å². The molecule has 0 aliphatic heterocycles. The molecule has 0 saturated heterocycles. The Hall–Kier alpha value is -1.55. The maximum atomic E-state index is 5.58. The number of hydrogen-bond acceptors (Lipinski definition) is 2. The standard InChI is InChI=1S/C9H12N4/c1-6-9(7-2-3-11-5-7)8(4-10)13-12-6/h2-3,5,11H,4,10H2,1H3,(H,12,13). The molecule has 2 heterocycles. The van der Waals surface area contributed by atoms with Crippen molar-refractivity contribution in [2.75, 3.05) is 0 Å². The van der Waals surface area contributed by atoms with Gasteiger partial charge < -0.3 is 10.7 Å². The van der Waals surface area contributed by atoms with Crippen LogP contribution >= 0.6 is 0 Å². The highest BCUT2D eigenvalue weighted by molar-refractivity contribution is 5.67. The zero-order valence-corrected chi connectivity index (χ0v) is 7.46. The molecule has 0 unspecified atom stereocenters. The maximum Gasteiger partial charge on any atom is 0.0839 e. The average molecular weight is 176 g/mol. The second-order valence-corrected chi connectivity index (χ2v) is 2.97. The molecule has 0 saturated carbocycles. The maximum absolute atomic E-state index is 5.58. The number of aryl methyl sites for hydroxylation is 1. The SMILES string of the molecule is Cc1[nH]nc(CN)c1-c1cc[nH]c1. The van der Waals surface area contributed by atoms with Crippen LogP contribution in [0.25, 0.3) is 11.1 Å². The first-order valence-electron chi connectivity index (χ1n) is 4.20. The van der Waals surface area contributed by atoms with Crippen molar-refractivity contribution < 1.29 is 0 Å². The van der Waals surface area contributed by atoms with Gasteiger partial charge in [-0.25, -0.2) is 0 Å². The third-order valence-electron chi connectivity index (χ3n) is 2.10. The van der Waals surface area contributed by atoms with E-state index < -0.39 is 0 Å². The van der Waals surface area contributed by atoms with Crippen molar-refractivity contribution in [2.24, 2.45) is 5.73 Å². The lowest BCUT2D eigenvalue weighted by Crippen LogP contribution is -1.98. The van der Waals surface area contributed by atoms with Gasteiger partial charge in [0.1, 0.15) is 0 Å². The molecule has 4 nitrogen and oxygen atoms in total. The lowest BCUT2D eigenvalue weighted by atomic mass is 10.1. The fourth-order valence-electron chi connectivity index (χ4n) is 1.49. The zero-order valence-electron chi connectivity index (χ0n) is 7.46. The van der Waals surface area contributed by atoms with Crippen LogP contribution in [0.3, 0.4) is 0 Å². The molecule has 0 spiro atoms. The van der Waals surface area contributed by atoms with Crippen LogP contribution in [-0.2, 0) is 6.54 Å². The molecule has 0 aliphatic carbocycles. The Morgan fingerprint density at radius 2 is 2.38 bits per heavy atom. The van der Waals surface area contributed by atoms with Gasteiger partial charge in [-0.1, -0.05) is 0 Å². The Bertz CT molecular complexity index is 386. The van der Waals surface area contributed by atoms with E-state index in [0.29, 0.717) is 6.54 Å². The summed E-state index contributed by atoms with van der Waals surface area (Å²) in [7, 11) is 0. The number of aromatic nitrogens is 3. The average Bonchev–Trinajstić information content (AvgIpc) is 2.72. The zero-order chi connectivity index (χ0) is 9.26. The van der Waals surface area contributed by atoms with Crippen LogP contribution in [0, 0.1) is 6.92 Å². The third kappa shape index (κ3) is 1.25. The summed E-state index contributed by atoms with van der Waals surface area (Å²) in [5, 5.41) is 7.06. The van der Waals surface area contributed by atoms with Gasteiger partial charge in [0.05, 0.1) is 5.69 Å². The molecule has 0 radical (unpaired) electrons. The van der Waals surface area contributed by atoms with Crippen LogP contribution in [0.1, 0.15) is 11.4 Å². The Morgan fingerprint density at radius 3 is 3.00 bits per heavy atom. The number of hydrogen-bond donors (Lipinski definition) is 3. The van der Waals surface area contributed by atoms with E-state index >= 15 is 0 Å². The van der Waals surface area contributed by atoms with Crippen LogP contribution in [0.2, 0.25) is 0 Å². The molecular weight excluding hydrogens is 164 g/mol. The Kier molecular flexibility index (Phi) is 1.90. The van der Waals surface area contributed by atoms with Crippen molar-refractivity contribution in [1.82, 2.24) is 15.2 Å². The predicted octanol–water partition coefficient (Wildman–Crippen LogP) is 1.17. The molecule has 2 rings (SSSR count). The first-order chi connectivity index (χ1) is 6.33. The van der Waals surface area contributed by atoms with E-state index in [0.717, 1.165) is 22.5 Å². The number of H-pyrrole nitrogens is 2. The minimum Gasteiger partial charge on any atom is -0.367 e. The molecular formula is C9H12N4. The third-order valence-corrected chi connectivity index (χ3v) is 2.10. The van der Waals surface area contributed by atoms with Gasteiger partial charge in [-0.05, 0) is 13.0 Å². The van der Waals surface area contributed by atoms with Gasteiger partial charge in [0.2, 0.25) is 0 Å². The lowest BCUT2D eigenvalue weighted by molar-refractivity contribution is 0.940. The molecule has 2 aromatic heterocycles. The summed E-state index contributed by atoms with van der Waals surface area (Å²) in [5.41, 5.74) is 9.79. The van der Waals surface area contributed by atoms with Crippen LogP contribution in [0.4, 0.5) is 0 Å². The highest BCUT2D eigenvalue weighted by atomic mass is 15.1. The fraction of sp³-hybridized carbons (Fsp3) is 0.222. The minimum atomic E-state index is 0.463. The number of nitrogens with two attached hydrogens (primary N) is 1. The first kappa shape index (κ1) is 8.07. The van der Waals surface area contributed by atoms with Gasteiger partial charge in [0, 0.05) is 35.8 Å². The van der Waals surface area contributed by atoms with Crippen molar-refractivity contribution in [2.45, 2.75) is 13.5 Å². The highest BCUT2D eigenvalue weighted by Crippen LogP contribution is 2.24. The van der Waals surface area contributed by atoms with E-state index in [1.54, 1.807) is 0 Å². The molecule has 0 aromatic carbocycles. The van der Waals surface area contributed by atoms with Gasteiger partial charge in [0.15, 0.2) is 0 Å². The van der Waals surface area contributed by atoms with Crippen LogP contribution in [0.15, 0.2) is 18.5 Å². The van der Waals surface area contributed by atoms with Crippen molar-refractivity contribution in [3.05, 3.63) is 29.8 Å². The monoisotopic (exact) mass is 176 g/mol. The molecule has 0 bridgehead atoms. The second-order valence-electron chi connectivity index (χ2n) is 2.97.